The molecule has 2 nitrogen and oxygen atoms in total. The van der Waals surface area contributed by atoms with Crippen LogP contribution in [-0.2, 0) is 4.74 Å². The molecular formula is C8H12O2. The first-order valence-corrected chi connectivity index (χ1v) is 3.06. The van der Waals surface area contributed by atoms with Crippen molar-refractivity contribution in [2.75, 3.05) is 13.7 Å². The molecule has 0 bridgehead atoms. The lowest BCUT2D eigenvalue weighted by atomic mass is 10.2. The lowest BCUT2D eigenvalue weighted by molar-refractivity contribution is 0.228. The predicted molar refractivity (Wildman–Crippen MR) is 40.5 cm³/mol. The number of methoxy groups -OCH3 is 1. The van der Waals surface area contributed by atoms with E-state index < -0.39 is 6.10 Å². The van der Waals surface area contributed by atoms with E-state index >= 15 is 0 Å². The van der Waals surface area contributed by atoms with E-state index in [0.717, 1.165) is 0 Å². The maximum atomic E-state index is 8.90. The summed E-state index contributed by atoms with van der Waals surface area (Å²) in [5.41, 5.74) is 0. The van der Waals surface area contributed by atoms with Gasteiger partial charge in [-0.3, -0.25) is 0 Å². The van der Waals surface area contributed by atoms with E-state index in [0.29, 0.717) is 13.0 Å². The lowest BCUT2D eigenvalue weighted by Gasteiger charge is -1.94. The van der Waals surface area contributed by atoms with Gasteiger partial charge >= 0.3 is 0 Å². The third-order valence-electron chi connectivity index (χ3n) is 0.925. The number of hydrogen-bond acceptors (Lipinski definition) is 2. The highest BCUT2D eigenvalue weighted by Crippen LogP contribution is 1.88. The second-order valence-corrected chi connectivity index (χ2v) is 1.79. The minimum Gasteiger partial charge on any atom is -0.388 e. The number of ether oxygens (including phenoxy) is 1. The van der Waals surface area contributed by atoms with Crippen molar-refractivity contribution in [3.8, 4) is 11.8 Å². The zero-order valence-corrected chi connectivity index (χ0v) is 6.13. The lowest BCUT2D eigenvalue weighted by Crippen LogP contribution is -1.98. The third kappa shape index (κ3) is 5.36. The Morgan fingerprint density at radius 2 is 2.40 bits per heavy atom. The van der Waals surface area contributed by atoms with Gasteiger partial charge in [-0.05, 0) is 0 Å². The van der Waals surface area contributed by atoms with Crippen molar-refractivity contribution < 1.29 is 9.84 Å². The van der Waals surface area contributed by atoms with Gasteiger partial charge < -0.3 is 9.84 Å². The Balaban J connectivity index is 3.35. The van der Waals surface area contributed by atoms with Crippen LogP contribution >= 0.6 is 0 Å². The smallest absolute Gasteiger partial charge is 0.107 e. The van der Waals surface area contributed by atoms with E-state index in [4.69, 9.17) is 5.11 Å². The third-order valence-corrected chi connectivity index (χ3v) is 0.925. The summed E-state index contributed by atoms with van der Waals surface area (Å²) >= 11 is 0. The average Bonchev–Trinajstić information content (AvgIpc) is 1.98. The topological polar surface area (TPSA) is 29.5 Å². The number of hydrogen-bond donors (Lipinski definition) is 1. The summed E-state index contributed by atoms with van der Waals surface area (Å²) in [6, 6.07) is 0. The Bertz CT molecular complexity index is 141. The summed E-state index contributed by atoms with van der Waals surface area (Å²) < 4.78 is 4.68. The Morgan fingerprint density at radius 1 is 1.70 bits per heavy atom. The highest BCUT2D eigenvalue weighted by Gasteiger charge is 1.90. The summed E-state index contributed by atoms with van der Waals surface area (Å²) in [5.74, 6) is 5.46. The molecule has 0 saturated heterocycles. The first-order chi connectivity index (χ1) is 4.81. The van der Waals surface area contributed by atoms with Crippen LogP contribution in [0.4, 0.5) is 0 Å². The molecule has 0 spiro atoms. The van der Waals surface area contributed by atoms with E-state index in [-0.39, 0.29) is 0 Å². The van der Waals surface area contributed by atoms with E-state index in [1.54, 1.807) is 7.11 Å². The maximum absolute atomic E-state index is 8.90. The van der Waals surface area contributed by atoms with Gasteiger partial charge in [0.05, 0.1) is 6.10 Å². The first-order valence-electron chi connectivity index (χ1n) is 3.06. The van der Waals surface area contributed by atoms with Crippen molar-refractivity contribution in [1.29, 1.82) is 0 Å². The SMILES string of the molecule is C=CC(O)CC#CCOC. The average molecular weight is 140 g/mol. The highest BCUT2D eigenvalue weighted by molar-refractivity contribution is 5.02. The summed E-state index contributed by atoms with van der Waals surface area (Å²) in [6.07, 6.45) is 1.39. The molecule has 0 amide bonds. The second kappa shape index (κ2) is 6.34. The minimum atomic E-state index is -0.510. The zero-order chi connectivity index (χ0) is 7.82. The second-order valence-electron chi connectivity index (χ2n) is 1.79. The van der Waals surface area contributed by atoms with Crippen LogP contribution in [0.15, 0.2) is 12.7 Å². The molecular weight excluding hydrogens is 128 g/mol. The maximum Gasteiger partial charge on any atom is 0.107 e. The first kappa shape index (κ1) is 9.22. The largest absolute Gasteiger partial charge is 0.388 e. The van der Waals surface area contributed by atoms with Gasteiger partial charge in [-0.2, -0.15) is 0 Å². The Hall–Kier alpha value is -0.780. The molecule has 0 aliphatic carbocycles. The Labute approximate surface area is 61.5 Å². The number of aliphatic hydroxyl groups excluding tert-OH is 1. The fourth-order valence-electron chi connectivity index (χ4n) is 0.383. The molecule has 56 valence electrons. The molecule has 0 aromatic heterocycles. The minimum absolute atomic E-state index is 0.420. The zero-order valence-electron chi connectivity index (χ0n) is 6.13. The normalized spacial score (nSPS) is 11.4. The molecule has 0 aromatic carbocycles. The van der Waals surface area contributed by atoms with Crippen molar-refractivity contribution in [3.63, 3.8) is 0 Å². The number of aliphatic hydroxyl groups is 1. The van der Waals surface area contributed by atoms with Gasteiger partial charge in [-0.1, -0.05) is 17.9 Å². The molecule has 1 N–H and O–H groups in total. The van der Waals surface area contributed by atoms with Crippen molar-refractivity contribution in [2.24, 2.45) is 0 Å². The number of rotatable bonds is 3. The van der Waals surface area contributed by atoms with Gasteiger partial charge in [0.25, 0.3) is 0 Å². The summed E-state index contributed by atoms with van der Waals surface area (Å²) in [6.45, 7) is 3.83. The molecule has 2 heteroatoms. The summed E-state index contributed by atoms with van der Waals surface area (Å²) in [5, 5.41) is 8.90. The Morgan fingerprint density at radius 3 is 2.90 bits per heavy atom. The van der Waals surface area contributed by atoms with Crippen LogP contribution in [-0.4, -0.2) is 24.9 Å². The van der Waals surface area contributed by atoms with E-state index in [1.807, 2.05) is 0 Å². The fraction of sp³-hybridized carbons (Fsp3) is 0.500. The van der Waals surface area contributed by atoms with E-state index in [1.165, 1.54) is 6.08 Å². The fourth-order valence-corrected chi connectivity index (χ4v) is 0.383. The molecule has 0 saturated carbocycles. The van der Waals surface area contributed by atoms with Gasteiger partial charge in [0.1, 0.15) is 6.61 Å². The van der Waals surface area contributed by atoms with Crippen molar-refractivity contribution in [1.82, 2.24) is 0 Å². The van der Waals surface area contributed by atoms with Crippen LogP contribution in [0.2, 0.25) is 0 Å². The van der Waals surface area contributed by atoms with Crippen LogP contribution in [0.3, 0.4) is 0 Å². The van der Waals surface area contributed by atoms with Crippen LogP contribution in [0.1, 0.15) is 6.42 Å². The summed E-state index contributed by atoms with van der Waals surface area (Å²) in [4.78, 5) is 0. The van der Waals surface area contributed by atoms with Crippen LogP contribution in [0.5, 0.6) is 0 Å². The molecule has 1 atom stereocenters. The monoisotopic (exact) mass is 140 g/mol. The van der Waals surface area contributed by atoms with Crippen LogP contribution < -0.4 is 0 Å². The molecule has 0 aliphatic heterocycles. The molecule has 10 heavy (non-hydrogen) atoms. The van der Waals surface area contributed by atoms with Crippen molar-refractivity contribution >= 4 is 0 Å². The van der Waals surface area contributed by atoms with Crippen molar-refractivity contribution in [3.05, 3.63) is 12.7 Å². The van der Waals surface area contributed by atoms with Gasteiger partial charge in [0, 0.05) is 13.5 Å². The molecule has 1 unspecified atom stereocenters. The molecule has 0 rings (SSSR count). The molecule has 0 aromatic rings. The predicted octanol–water partition coefficient (Wildman–Crippen LogP) is 0.573. The molecule has 0 aliphatic rings. The Kier molecular flexibility index (Phi) is 5.85. The standard InChI is InChI=1S/C8H12O2/c1-3-8(9)6-4-5-7-10-2/h3,8-9H,1,6-7H2,2H3. The van der Waals surface area contributed by atoms with Gasteiger partial charge in [-0.25, -0.2) is 0 Å². The van der Waals surface area contributed by atoms with Crippen LogP contribution in [0.25, 0.3) is 0 Å². The molecule has 0 radical (unpaired) electrons. The van der Waals surface area contributed by atoms with E-state index in [9.17, 15) is 0 Å². The van der Waals surface area contributed by atoms with Crippen molar-refractivity contribution in [2.45, 2.75) is 12.5 Å². The molecule has 0 fully saturated rings. The quantitative estimate of drug-likeness (QED) is 0.459. The van der Waals surface area contributed by atoms with Gasteiger partial charge in [0.2, 0.25) is 0 Å². The van der Waals surface area contributed by atoms with Crippen LogP contribution in [0, 0.1) is 11.8 Å². The highest BCUT2D eigenvalue weighted by atomic mass is 16.5. The van der Waals surface area contributed by atoms with E-state index in [2.05, 4.69) is 23.2 Å². The summed E-state index contributed by atoms with van der Waals surface area (Å²) in [7, 11) is 1.58. The van der Waals surface area contributed by atoms with Gasteiger partial charge in [-0.15, -0.1) is 6.58 Å². The van der Waals surface area contributed by atoms with Gasteiger partial charge in [0.15, 0.2) is 0 Å². The molecule has 0 heterocycles.